The van der Waals surface area contributed by atoms with Crippen LogP contribution >= 0.6 is 11.6 Å². The molecule has 1 unspecified atom stereocenters. The molecule has 8 heteroatoms. The summed E-state index contributed by atoms with van der Waals surface area (Å²) in [6.07, 6.45) is 1.70. The Morgan fingerprint density at radius 1 is 1.17 bits per heavy atom. The molecule has 1 aliphatic rings. The summed E-state index contributed by atoms with van der Waals surface area (Å²) in [5.74, 6) is -0.218. The SMILES string of the molecule is NS(=O)(=O)Nc1ccc(C(=O)NC2CCc3cc(Cl)ccc32)cc1. The lowest BCUT2D eigenvalue weighted by Gasteiger charge is -2.14. The number of nitrogens with one attached hydrogen (secondary N) is 2. The molecule has 0 aromatic heterocycles. The lowest BCUT2D eigenvalue weighted by molar-refractivity contribution is 0.0936. The third-order valence-corrected chi connectivity index (χ3v) is 4.65. The van der Waals surface area contributed by atoms with E-state index >= 15 is 0 Å². The highest BCUT2D eigenvalue weighted by Crippen LogP contribution is 2.33. The van der Waals surface area contributed by atoms with Crippen molar-refractivity contribution >= 4 is 33.4 Å². The summed E-state index contributed by atoms with van der Waals surface area (Å²) < 4.78 is 24.1. The van der Waals surface area contributed by atoms with Gasteiger partial charge in [-0.3, -0.25) is 9.52 Å². The number of rotatable bonds is 4. The van der Waals surface area contributed by atoms with Gasteiger partial charge in [-0.25, -0.2) is 5.14 Å². The molecular formula is C16H16ClN3O3S. The van der Waals surface area contributed by atoms with Crippen LogP contribution in [0.25, 0.3) is 0 Å². The van der Waals surface area contributed by atoms with E-state index in [1.807, 2.05) is 18.2 Å². The molecule has 1 aliphatic carbocycles. The molecule has 126 valence electrons. The van der Waals surface area contributed by atoms with Crippen molar-refractivity contribution < 1.29 is 13.2 Å². The summed E-state index contributed by atoms with van der Waals surface area (Å²) in [4.78, 5) is 12.4. The van der Waals surface area contributed by atoms with Gasteiger partial charge in [0.15, 0.2) is 0 Å². The van der Waals surface area contributed by atoms with Crippen LogP contribution in [-0.4, -0.2) is 14.3 Å². The van der Waals surface area contributed by atoms with Crippen LogP contribution in [0.3, 0.4) is 0 Å². The molecule has 0 bridgehead atoms. The Hall–Kier alpha value is -2.09. The Morgan fingerprint density at radius 3 is 2.54 bits per heavy atom. The average Bonchev–Trinajstić information content (AvgIpc) is 2.88. The van der Waals surface area contributed by atoms with E-state index in [0.29, 0.717) is 16.3 Å². The molecule has 1 atom stereocenters. The highest BCUT2D eigenvalue weighted by atomic mass is 35.5. The zero-order valence-electron chi connectivity index (χ0n) is 12.6. The maximum absolute atomic E-state index is 12.4. The van der Waals surface area contributed by atoms with Crippen molar-refractivity contribution in [2.24, 2.45) is 5.14 Å². The van der Waals surface area contributed by atoms with Crippen LogP contribution in [0.15, 0.2) is 42.5 Å². The number of carbonyl (C=O) groups excluding carboxylic acids is 1. The van der Waals surface area contributed by atoms with E-state index in [9.17, 15) is 13.2 Å². The van der Waals surface area contributed by atoms with Crippen molar-refractivity contribution in [3.05, 3.63) is 64.2 Å². The highest BCUT2D eigenvalue weighted by Gasteiger charge is 2.24. The Balaban J connectivity index is 1.70. The number of anilines is 1. The average molecular weight is 366 g/mol. The van der Waals surface area contributed by atoms with Crippen molar-refractivity contribution in [3.63, 3.8) is 0 Å². The largest absolute Gasteiger partial charge is 0.345 e. The number of hydrogen-bond acceptors (Lipinski definition) is 3. The third kappa shape index (κ3) is 3.87. The van der Waals surface area contributed by atoms with Crippen LogP contribution < -0.4 is 15.2 Å². The number of carbonyl (C=O) groups is 1. The number of halogens is 1. The Morgan fingerprint density at radius 2 is 1.88 bits per heavy atom. The summed E-state index contributed by atoms with van der Waals surface area (Å²) in [5.41, 5.74) is 2.98. The van der Waals surface area contributed by atoms with Gasteiger partial charge < -0.3 is 5.32 Å². The fraction of sp³-hybridized carbons (Fsp3) is 0.188. The number of fused-ring (bicyclic) bond motifs is 1. The van der Waals surface area contributed by atoms with Crippen LogP contribution in [0.5, 0.6) is 0 Å². The van der Waals surface area contributed by atoms with Gasteiger partial charge in [0.05, 0.1) is 6.04 Å². The van der Waals surface area contributed by atoms with Crippen molar-refractivity contribution in [3.8, 4) is 0 Å². The van der Waals surface area contributed by atoms with Gasteiger partial charge in [0.2, 0.25) is 0 Å². The van der Waals surface area contributed by atoms with Gasteiger partial charge in [-0.1, -0.05) is 17.7 Å². The first-order valence-corrected chi connectivity index (χ1v) is 9.24. The summed E-state index contributed by atoms with van der Waals surface area (Å²) in [6.45, 7) is 0. The topological polar surface area (TPSA) is 101 Å². The fourth-order valence-electron chi connectivity index (χ4n) is 2.83. The second-order valence-corrected chi connectivity index (χ2v) is 7.36. The molecule has 0 radical (unpaired) electrons. The maximum Gasteiger partial charge on any atom is 0.296 e. The minimum absolute atomic E-state index is 0.0491. The highest BCUT2D eigenvalue weighted by molar-refractivity contribution is 7.90. The smallest absolute Gasteiger partial charge is 0.296 e. The molecule has 0 fully saturated rings. The summed E-state index contributed by atoms with van der Waals surface area (Å²) in [6, 6.07) is 11.7. The zero-order valence-corrected chi connectivity index (χ0v) is 14.2. The van der Waals surface area contributed by atoms with Crippen molar-refractivity contribution in [2.45, 2.75) is 18.9 Å². The molecular weight excluding hydrogens is 350 g/mol. The molecule has 1 amide bonds. The minimum Gasteiger partial charge on any atom is -0.345 e. The van der Waals surface area contributed by atoms with E-state index in [1.165, 1.54) is 12.1 Å². The summed E-state index contributed by atoms with van der Waals surface area (Å²) >= 11 is 5.99. The van der Waals surface area contributed by atoms with Crippen LogP contribution in [0.4, 0.5) is 5.69 Å². The number of benzene rings is 2. The summed E-state index contributed by atoms with van der Waals surface area (Å²) in [5, 5.41) is 8.59. The van der Waals surface area contributed by atoms with Crippen LogP contribution in [0.1, 0.15) is 33.9 Å². The molecule has 0 saturated heterocycles. The maximum atomic E-state index is 12.4. The first-order valence-electron chi connectivity index (χ1n) is 7.31. The van der Waals surface area contributed by atoms with Gasteiger partial charge in [0.25, 0.3) is 16.1 Å². The van der Waals surface area contributed by atoms with E-state index in [-0.39, 0.29) is 11.9 Å². The quantitative estimate of drug-likeness (QED) is 0.775. The number of nitrogens with two attached hydrogens (primary N) is 1. The van der Waals surface area contributed by atoms with Crippen molar-refractivity contribution in [2.75, 3.05) is 4.72 Å². The molecule has 0 spiro atoms. The van der Waals surface area contributed by atoms with Crippen LogP contribution in [0, 0.1) is 0 Å². The van der Waals surface area contributed by atoms with E-state index in [4.69, 9.17) is 16.7 Å². The number of aryl methyl sites for hydroxylation is 1. The standard InChI is InChI=1S/C16H16ClN3O3S/c17-12-4-7-14-11(9-12)3-8-15(14)19-16(21)10-1-5-13(6-2-10)20-24(18,22)23/h1-2,4-7,9,15,20H,3,8H2,(H,19,21)(H2,18,22,23). The van der Waals surface area contributed by atoms with E-state index in [1.54, 1.807) is 12.1 Å². The summed E-state index contributed by atoms with van der Waals surface area (Å²) in [7, 11) is -3.83. The van der Waals surface area contributed by atoms with Gasteiger partial charge in [-0.2, -0.15) is 8.42 Å². The first-order chi connectivity index (χ1) is 11.3. The van der Waals surface area contributed by atoms with Crippen molar-refractivity contribution in [1.29, 1.82) is 0 Å². The van der Waals surface area contributed by atoms with Crippen LogP contribution in [0.2, 0.25) is 5.02 Å². The van der Waals surface area contributed by atoms with Crippen molar-refractivity contribution in [1.82, 2.24) is 5.32 Å². The van der Waals surface area contributed by atoms with E-state index in [0.717, 1.165) is 24.0 Å². The minimum atomic E-state index is -3.83. The Kier molecular flexibility index (Phi) is 4.49. The normalized spacial score (nSPS) is 16.5. The Bertz CT molecular complexity index is 882. The Labute approximate surface area is 145 Å². The second-order valence-electron chi connectivity index (χ2n) is 5.63. The number of hydrogen-bond donors (Lipinski definition) is 3. The first kappa shape index (κ1) is 16.8. The van der Waals surface area contributed by atoms with Gasteiger partial charge in [0, 0.05) is 16.3 Å². The molecule has 2 aromatic rings. The van der Waals surface area contributed by atoms with Gasteiger partial charge in [0.1, 0.15) is 0 Å². The molecule has 0 aliphatic heterocycles. The molecule has 3 rings (SSSR count). The predicted molar refractivity (Wildman–Crippen MR) is 93.2 cm³/mol. The van der Waals surface area contributed by atoms with Gasteiger partial charge in [-0.15, -0.1) is 0 Å². The lowest BCUT2D eigenvalue weighted by Crippen LogP contribution is -2.27. The molecule has 0 saturated carbocycles. The van der Waals surface area contributed by atoms with Gasteiger partial charge in [-0.05, 0) is 60.4 Å². The molecule has 0 heterocycles. The predicted octanol–water partition coefficient (Wildman–Crippen LogP) is 2.37. The van der Waals surface area contributed by atoms with Crippen LogP contribution in [-0.2, 0) is 16.6 Å². The zero-order chi connectivity index (χ0) is 17.3. The fourth-order valence-corrected chi connectivity index (χ4v) is 3.49. The monoisotopic (exact) mass is 365 g/mol. The molecule has 24 heavy (non-hydrogen) atoms. The second kappa shape index (κ2) is 6.43. The van der Waals surface area contributed by atoms with E-state index in [2.05, 4.69) is 10.0 Å². The number of amides is 1. The molecule has 4 N–H and O–H groups in total. The molecule has 2 aromatic carbocycles. The van der Waals surface area contributed by atoms with E-state index < -0.39 is 10.2 Å². The van der Waals surface area contributed by atoms with Gasteiger partial charge >= 0.3 is 0 Å². The third-order valence-electron chi connectivity index (χ3n) is 3.90. The molecule has 6 nitrogen and oxygen atoms in total. The lowest BCUT2D eigenvalue weighted by atomic mass is 10.1.